The van der Waals surface area contributed by atoms with E-state index in [0.717, 1.165) is 36.9 Å². The largest absolute Gasteiger partial charge is 0.369 e. The number of aromatic nitrogens is 3. The van der Waals surface area contributed by atoms with Gasteiger partial charge in [0.25, 0.3) is 0 Å². The number of fused-ring (bicyclic) bond motifs is 1. The molecule has 0 radical (unpaired) electrons. The van der Waals surface area contributed by atoms with Crippen molar-refractivity contribution >= 4 is 17.3 Å². The second kappa shape index (κ2) is 5.54. The lowest BCUT2D eigenvalue weighted by Gasteiger charge is -2.27. The quantitative estimate of drug-likeness (QED) is 0.917. The van der Waals surface area contributed by atoms with Crippen LogP contribution < -0.4 is 10.2 Å². The van der Waals surface area contributed by atoms with Gasteiger partial charge in [0.1, 0.15) is 5.82 Å². The highest BCUT2D eigenvalue weighted by atomic mass is 15.3. The minimum absolute atomic E-state index is 0.444. The summed E-state index contributed by atoms with van der Waals surface area (Å²) in [5.74, 6) is 1.94. The van der Waals surface area contributed by atoms with Gasteiger partial charge in [0, 0.05) is 32.0 Å². The van der Waals surface area contributed by atoms with Crippen molar-refractivity contribution in [2.24, 2.45) is 5.41 Å². The lowest BCUT2D eigenvalue weighted by Crippen LogP contribution is -2.27. The SMILES string of the molecule is CCNc1cn2ccnc2c(N2CCC(CC)(CC)C2)n1. The Morgan fingerprint density at radius 3 is 2.76 bits per heavy atom. The molecule has 0 aromatic carbocycles. The number of hydrogen-bond acceptors (Lipinski definition) is 4. The van der Waals surface area contributed by atoms with Gasteiger partial charge < -0.3 is 14.6 Å². The molecule has 5 nitrogen and oxygen atoms in total. The second-order valence-corrected chi connectivity index (χ2v) is 6.02. The third-order valence-corrected chi connectivity index (χ3v) is 4.95. The van der Waals surface area contributed by atoms with Gasteiger partial charge in [-0.2, -0.15) is 0 Å². The Bertz CT molecular complexity index is 614. The molecule has 114 valence electrons. The molecular formula is C16H25N5. The van der Waals surface area contributed by atoms with E-state index in [1.165, 1.54) is 19.3 Å². The summed E-state index contributed by atoms with van der Waals surface area (Å²) in [5, 5.41) is 3.32. The zero-order chi connectivity index (χ0) is 14.9. The normalized spacial score (nSPS) is 17.6. The molecule has 1 saturated heterocycles. The minimum Gasteiger partial charge on any atom is -0.369 e. The summed E-state index contributed by atoms with van der Waals surface area (Å²) >= 11 is 0. The van der Waals surface area contributed by atoms with Gasteiger partial charge in [0.05, 0.1) is 6.20 Å². The highest BCUT2D eigenvalue weighted by Gasteiger charge is 2.36. The van der Waals surface area contributed by atoms with Crippen molar-refractivity contribution in [3.05, 3.63) is 18.6 Å². The zero-order valence-corrected chi connectivity index (χ0v) is 13.3. The molecule has 3 heterocycles. The van der Waals surface area contributed by atoms with Crippen LogP contribution in [0.2, 0.25) is 0 Å². The third kappa shape index (κ3) is 2.45. The van der Waals surface area contributed by atoms with Crippen LogP contribution in [0.25, 0.3) is 5.65 Å². The average molecular weight is 287 g/mol. The summed E-state index contributed by atoms with van der Waals surface area (Å²) in [6.45, 7) is 9.74. The fourth-order valence-electron chi connectivity index (χ4n) is 3.34. The van der Waals surface area contributed by atoms with Gasteiger partial charge in [0.15, 0.2) is 11.5 Å². The monoisotopic (exact) mass is 287 g/mol. The Labute approximate surface area is 126 Å². The first-order valence-corrected chi connectivity index (χ1v) is 8.04. The maximum absolute atomic E-state index is 4.81. The Hall–Kier alpha value is -1.78. The maximum atomic E-state index is 4.81. The number of nitrogens with zero attached hydrogens (tertiary/aromatic N) is 4. The van der Waals surface area contributed by atoms with Crippen LogP contribution in [0, 0.1) is 5.41 Å². The molecule has 0 bridgehead atoms. The van der Waals surface area contributed by atoms with Crippen molar-refractivity contribution in [3.63, 3.8) is 0 Å². The lowest BCUT2D eigenvalue weighted by atomic mass is 9.82. The fraction of sp³-hybridized carbons (Fsp3) is 0.625. The first-order chi connectivity index (χ1) is 10.2. The predicted octanol–water partition coefficient (Wildman–Crippen LogP) is 3.18. The van der Waals surface area contributed by atoms with Crippen LogP contribution in [-0.2, 0) is 0 Å². The van der Waals surface area contributed by atoms with E-state index in [-0.39, 0.29) is 0 Å². The van der Waals surface area contributed by atoms with Crippen LogP contribution in [0.4, 0.5) is 11.6 Å². The number of hydrogen-bond donors (Lipinski definition) is 1. The summed E-state index contributed by atoms with van der Waals surface area (Å²) in [5.41, 5.74) is 1.40. The van der Waals surface area contributed by atoms with Crippen molar-refractivity contribution in [1.82, 2.24) is 14.4 Å². The number of rotatable bonds is 5. The molecule has 0 aliphatic carbocycles. The van der Waals surface area contributed by atoms with E-state index in [9.17, 15) is 0 Å². The van der Waals surface area contributed by atoms with Gasteiger partial charge in [-0.05, 0) is 31.6 Å². The van der Waals surface area contributed by atoms with E-state index in [4.69, 9.17) is 4.98 Å². The van der Waals surface area contributed by atoms with E-state index < -0.39 is 0 Å². The Kier molecular flexibility index (Phi) is 3.74. The van der Waals surface area contributed by atoms with Crippen LogP contribution in [0.15, 0.2) is 18.6 Å². The molecule has 0 amide bonds. The molecular weight excluding hydrogens is 262 g/mol. The predicted molar refractivity (Wildman–Crippen MR) is 87.0 cm³/mol. The molecule has 1 N–H and O–H groups in total. The minimum atomic E-state index is 0.444. The highest BCUT2D eigenvalue weighted by Crippen LogP contribution is 2.39. The summed E-state index contributed by atoms with van der Waals surface area (Å²) in [6, 6.07) is 0. The van der Waals surface area contributed by atoms with Crippen molar-refractivity contribution in [1.29, 1.82) is 0 Å². The number of nitrogens with one attached hydrogen (secondary N) is 1. The topological polar surface area (TPSA) is 45.5 Å². The summed E-state index contributed by atoms with van der Waals surface area (Å²) in [4.78, 5) is 11.7. The number of imidazole rings is 1. The maximum Gasteiger partial charge on any atom is 0.180 e. The van der Waals surface area contributed by atoms with Gasteiger partial charge in [-0.25, -0.2) is 9.97 Å². The van der Waals surface area contributed by atoms with Gasteiger partial charge in [-0.3, -0.25) is 0 Å². The van der Waals surface area contributed by atoms with Crippen LogP contribution in [0.1, 0.15) is 40.0 Å². The van der Waals surface area contributed by atoms with E-state index in [1.807, 2.05) is 18.6 Å². The summed E-state index contributed by atoms with van der Waals surface area (Å²) in [6.07, 6.45) is 9.57. The zero-order valence-electron chi connectivity index (χ0n) is 13.3. The molecule has 0 unspecified atom stereocenters. The smallest absolute Gasteiger partial charge is 0.180 e. The van der Waals surface area contributed by atoms with E-state index in [1.54, 1.807) is 0 Å². The number of anilines is 2. The molecule has 2 aromatic rings. The molecule has 1 aliphatic heterocycles. The molecule has 5 heteroatoms. The van der Waals surface area contributed by atoms with Gasteiger partial charge in [0.2, 0.25) is 0 Å². The molecule has 0 spiro atoms. The van der Waals surface area contributed by atoms with Gasteiger partial charge in [-0.15, -0.1) is 0 Å². The molecule has 21 heavy (non-hydrogen) atoms. The Morgan fingerprint density at radius 2 is 2.10 bits per heavy atom. The highest BCUT2D eigenvalue weighted by molar-refractivity contribution is 5.67. The van der Waals surface area contributed by atoms with Crippen LogP contribution in [0.5, 0.6) is 0 Å². The lowest BCUT2D eigenvalue weighted by molar-refractivity contribution is 0.301. The van der Waals surface area contributed by atoms with Crippen molar-refractivity contribution in [3.8, 4) is 0 Å². The van der Waals surface area contributed by atoms with E-state index in [2.05, 4.69) is 40.4 Å². The third-order valence-electron chi connectivity index (χ3n) is 4.95. The average Bonchev–Trinajstić information content (AvgIpc) is 3.14. The Balaban J connectivity index is 1.98. The first-order valence-electron chi connectivity index (χ1n) is 8.04. The standard InChI is InChI=1S/C16H25N5/c1-4-16(5-2)7-9-21(12-16)15-14-18-8-10-20(14)11-13(19-15)17-6-3/h8,10-11,17H,4-7,9,12H2,1-3H3. The summed E-state index contributed by atoms with van der Waals surface area (Å²) in [7, 11) is 0. The van der Waals surface area contributed by atoms with Crippen molar-refractivity contribution < 1.29 is 0 Å². The van der Waals surface area contributed by atoms with Crippen molar-refractivity contribution in [2.75, 3.05) is 29.9 Å². The molecule has 1 fully saturated rings. The molecule has 3 rings (SSSR count). The van der Waals surface area contributed by atoms with E-state index >= 15 is 0 Å². The van der Waals surface area contributed by atoms with Gasteiger partial charge in [-0.1, -0.05) is 13.8 Å². The van der Waals surface area contributed by atoms with Crippen molar-refractivity contribution in [2.45, 2.75) is 40.0 Å². The first kappa shape index (κ1) is 14.2. The van der Waals surface area contributed by atoms with E-state index in [0.29, 0.717) is 5.41 Å². The fourth-order valence-corrected chi connectivity index (χ4v) is 3.34. The molecule has 0 atom stereocenters. The molecule has 2 aromatic heterocycles. The van der Waals surface area contributed by atoms with Crippen LogP contribution in [0.3, 0.4) is 0 Å². The second-order valence-electron chi connectivity index (χ2n) is 6.02. The summed E-state index contributed by atoms with van der Waals surface area (Å²) < 4.78 is 2.07. The molecule has 1 aliphatic rings. The van der Waals surface area contributed by atoms with Crippen LogP contribution in [-0.4, -0.2) is 34.0 Å². The van der Waals surface area contributed by atoms with Crippen LogP contribution >= 0.6 is 0 Å². The molecule has 0 saturated carbocycles. The van der Waals surface area contributed by atoms with Gasteiger partial charge >= 0.3 is 0 Å². The Morgan fingerprint density at radius 1 is 1.29 bits per heavy atom.